The number of hydrogen-bond acceptors (Lipinski definition) is 3. The van der Waals surface area contributed by atoms with E-state index in [1.807, 2.05) is 55.3 Å². The van der Waals surface area contributed by atoms with Gasteiger partial charge in [-0.05, 0) is 48.9 Å². The zero-order valence-corrected chi connectivity index (χ0v) is 11.8. The van der Waals surface area contributed by atoms with Crippen LogP contribution >= 0.6 is 0 Å². The molecule has 1 aromatic carbocycles. The quantitative estimate of drug-likeness (QED) is 0.907. The van der Waals surface area contributed by atoms with Crippen LogP contribution < -0.4 is 5.32 Å². The van der Waals surface area contributed by atoms with Gasteiger partial charge in [0.15, 0.2) is 0 Å². The van der Waals surface area contributed by atoms with Gasteiger partial charge in [0.05, 0.1) is 0 Å². The highest BCUT2D eigenvalue weighted by atomic mass is 16.2. The van der Waals surface area contributed by atoms with E-state index in [0.717, 1.165) is 11.3 Å². The Morgan fingerprint density at radius 3 is 2.35 bits per heavy atom. The molecule has 0 fully saturated rings. The summed E-state index contributed by atoms with van der Waals surface area (Å²) in [6.45, 7) is 3.27. The molecule has 0 aliphatic heterocycles. The summed E-state index contributed by atoms with van der Waals surface area (Å²) in [6, 6.07) is 11.4. The molecule has 104 valence electrons. The summed E-state index contributed by atoms with van der Waals surface area (Å²) in [6.07, 6.45) is 3.49. The minimum Gasteiger partial charge on any atom is -0.388 e. The van der Waals surface area contributed by atoms with Crippen LogP contribution in [-0.4, -0.2) is 29.4 Å². The van der Waals surface area contributed by atoms with Crippen LogP contribution in [0, 0.1) is 0 Å². The number of carbonyl (C=O) groups is 1. The predicted molar refractivity (Wildman–Crippen MR) is 80.6 cm³/mol. The van der Waals surface area contributed by atoms with Gasteiger partial charge in [-0.1, -0.05) is 0 Å². The molecule has 0 atom stereocenters. The Kier molecular flexibility index (Phi) is 4.71. The van der Waals surface area contributed by atoms with Crippen molar-refractivity contribution in [1.29, 1.82) is 0 Å². The number of amides is 1. The van der Waals surface area contributed by atoms with Gasteiger partial charge in [-0.25, -0.2) is 0 Å². The summed E-state index contributed by atoms with van der Waals surface area (Å²) in [5.74, 6) is 0.0481. The first-order valence-electron chi connectivity index (χ1n) is 6.70. The number of aromatic nitrogens is 1. The second kappa shape index (κ2) is 6.70. The number of hydrogen-bond donors (Lipinski definition) is 1. The highest BCUT2D eigenvalue weighted by Gasteiger charge is 2.14. The van der Waals surface area contributed by atoms with Crippen molar-refractivity contribution in [3.63, 3.8) is 0 Å². The maximum absolute atomic E-state index is 12.5. The lowest BCUT2D eigenvalue weighted by atomic mass is 10.1. The monoisotopic (exact) mass is 269 g/mol. The molecular formula is C16H19N3O. The van der Waals surface area contributed by atoms with Crippen LogP contribution in [0.15, 0.2) is 48.8 Å². The van der Waals surface area contributed by atoms with Gasteiger partial charge in [0.25, 0.3) is 5.91 Å². The van der Waals surface area contributed by atoms with Crippen molar-refractivity contribution in [2.75, 3.05) is 18.9 Å². The largest absolute Gasteiger partial charge is 0.388 e. The Hall–Kier alpha value is -2.36. The molecule has 1 aromatic heterocycles. The minimum atomic E-state index is 0.0481. The fourth-order valence-electron chi connectivity index (χ4n) is 2.00. The van der Waals surface area contributed by atoms with Crippen LogP contribution in [0.4, 0.5) is 5.69 Å². The van der Waals surface area contributed by atoms with Gasteiger partial charge in [-0.3, -0.25) is 9.78 Å². The van der Waals surface area contributed by atoms with Crippen LogP contribution in [0.2, 0.25) is 0 Å². The number of rotatable bonds is 5. The van der Waals surface area contributed by atoms with Gasteiger partial charge in [-0.2, -0.15) is 0 Å². The van der Waals surface area contributed by atoms with Crippen LogP contribution in [0.1, 0.15) is 22.8 Å². The highest BCUT2D eigenvalue weighted by Crippen LogP contribution is 2.13. The normalized spacial score (nSPS) is 10.1. The van der Waals surface area contributed by atoms with Crippen molar-refractivity contribution >= 4 is 11.6 Å². The van der Waals surface area contributed by atoms with E-state index in [1.54, 1.807) is 12.4 Å². The predicted octanol–water partition coefficient (Wildman–Crippen LogP) is 2.79. The second-order valence-corrected chi connectivity index (χ2v) is 4.50. The first-order chi connectivity index (χ1) is 9.74. The molecule has 0 spiro atoms. The summed E-state index contributed by atoms with van der Waals surface area (Å²) in [4.78, 5) is 18.3. The molecule has 0 saturated heterocycles. The first kappa shape index (κ1) is 14.1. The van der Waals surface area contributed by atoms with E-state index in [1.165, 1.54) is 0 Å². The number of anilines is 1. The molecule has 0 aliphatic rings. The Balaban J connectivity index is 2.12. The molecule has 1 N–H and O–H groups in total. The third-order valence-corrected chi connectivity index (χ3v) is 3.21. The van der Waals surface area contributed by atoms with E-state index in [0.29, 0.717) is 18.7 Å². The van der Waals surface area contributed by atoms with Crippen molar-refractivity contribution < 1.29 is 4.79 Å². The Bertz CT molecular complexity index is 552. The summed E-state index contributed by atoms with van der Waals surface area (Å²) >= 11 is 0. The number of nitrogens with zero attached hydrogens (tertiary/aromatic N) is 2. The third-order valence-electron chi connectivity index (χ3n) is 3.21. The van der Waals surface area contributed by atoms with E-state index in [4.69, 9.17) is 0 Å². The Labute approximate surface area is 119 Å². The van der Waals surface area contributed by atoms with E-state index in [2.05, 4.69) is 10.3 Å². The molecule has 20 heavy (non-hydrogen) atoms. The molecular weight excluding hydrogens is 250 g/mol. The lowest BCUT2D eigenvalue weighted by Crippen LogP contribution is -2.30. The molecule has 1 amide bonds. The van der Waals surface area contributed by atoms with Crippen LogP contribution in [-0.2, 0) is 6.54 Å². The molecule has 4 nitrogen and oxygen atoms in total. The second-order valence-electron chi connectivity index (χ2n) is 4.50. The zero-order chi connectivity index (χ0) is 14.4. The van der Waals surface area contributed by atoms with Crippen molar-refractivity contribution in [1.82, 2.24) is 9.88 Å². The van der Waals surface area contributed by atoms with Gasteiger partial charge in [0.1, 0.15) is 0 Å². The maximum atomic E-state index is 12.5. The number of benzene rings is 1. The van der Waals surface area contributed by atoms with Crippen molar-refractivity contribution in [3.8, 4) is 0 Å². The fraction of sp³-hybridized carbons (Fsp3) is 0.250. The molecule has 4 heteroatoms. The zero-order valence-electron chi connectivity index (χ0n) is 11.8. The minimum absolute atomic E-state index is 0.0481. The van der Waals surface area contributed by atoms with Gasteiger partial charge in [0.2, 0.25) is 0 Å². The number of carbonyl (C=O) groups excluding carboxylic acids is 1. The molecule has 0 bridgehead atoms. The summed E-state index contributed by atoms with van der Waals surface area (Å²) < 4.78 is 0. The lowest BCUT2D eigenvalue weighted by molar-refractivity contribution is 0.0752. The molecule has 0 aliphatic carbocycles. The topological polar surface area (TPSA) is 45.2 Å². The third kappa shape index (κ3) is 3.35. The SMILES string of the molecule is CCN(Cc1ccncc1)C(=O)c1ccc(NC)cc1. The maximum Gasteiger partial charge on any atom is 0.254 e. The molecule has 0 saturated carbocycles. The van der Waals surface area contributed by atoms with Crippen molar-refractivity contribution in [3.05, 3.63) is 59.9 Å². The molecule has 0 unspecified atom stereocenters. The Morgan fingerprint density at radius 2 is 1.80 bits per heavy atom. The molecule has 1 heterocycles. The fourth-order valence-corrected chi connectivity index (χ4v) is 2.00. The number of nitrogens with one attached hydrogen (secondary N) is 1. The average molecular weight is 269 g/mol. The molecule has 2 aromatic rings. The van der Waals surface area contributed by atoms with E-state index in [-0.39, 0.29) is 5.91 Å². The van der Waals surface area contributed by atoms with E-state index in [9.17, 15) is 4.79 Å². The van der Waals surface area contributed by atoms with Crippen LogP contribution in [0.3, 0.4) is 0 Å². The van der Waals surface area contributed by atoms with Gasteiger partial charge < -0.3 is 10.2 Å². The number of pyridine rings is 1. The van der Waals surface area contributed by atoms with Gasteiger partial charge >= 0.3 is 0 Å². The smallest absolute Gasteiger partial charge is 0.254 e. The lowest BCUT2D eigenvalue weighted by Gasteiger charge is -2.21. The van der Waals surface area contributed by atoms with E-state index < -0.39 is 0 Å². The standard InChI is InChI=1S/C16H19N3O/c1-3-19(12-13-8-10-18-11-9-13)16(20)14-4-6-15(17-2)7-5-14/h4-11,17H,3,12H2,1-2H3. The summed E-state index contributed by atoms with van der Waals surface area (Å²) in [7, 11) is 1.86. The molecule has 2 rings (SSSR count). The van der Waals surface area contributed by atoms with Crippen LogP contribution in [0.5, 0.6) is 0 Å². The van der Waals surface area contributed by atoms with Crippen molar-refractivity contribution in [2.24, 2.45) is 0 Å². The first-order valence-corrected chi connectivity index (χ1v) is 6.70. The van der Waals surface area contributed by atoms with Crippen LogP contribution in [0.25, 0.3) is 0 Å². The molecule has 0 radical (unpaired) electrons. The van der Waals surface area contributed by atoms with E-state index >= 15 is 0 Å². The average Bonchev–Trinajstić information content (AvgIpc) is 2.53. The highest BCUT2D eigenvalue weighted by molar-refractivity contribution is 5.94. The van der Waals surface area contributed by atoms with Crippen molar-refractivity contribution in [2.45, 2.75) is 13.5 Å². The summed E-state index contributed by atoms with van der Waals surface area (Å²) in [5.41, 5.74) is 2.79. The van der Waals surface area contributed by atoms with Gasteiger partial charge in [-0.15, -0.1) is 0 Å². The van der Waals surface area contributed by atoms with Gasteiger partial charge in [0, 0.05) is 43.8 Å². The Morgan fingerprint density at radius 1 is 1.15 bits per heavy atom. The summed E-state index contributed by atoms with van der Waals surface area (Å²) in [5, 5.41) is 3.04.